The molecular weight excluding hydrogens is 280 g/mol. The van der Waals surface area contributed by atoms with Crippen LogP contribution in [-0.2, 0) is 6.42 Å². The molecule has 0 bridgehead atoms. The highest BCUT2D eigenvalue weighted by molar-refractivity contribution is 7.07. The Morgan fingerprint density at radius 1 is 1.14 bits per heavy atom. The summed E-state index contributed by atoms with van der Waals surface area (Å²) in [5.74, 6) is 1.31. The van der Waals surface area contributed by atoms with Gasteiger partial charge in [0.25, 0.3) is 0 Å². The lowest BCUT2D eigenvalue weighted by atomic mass is 9.98. The van der Waals surface area contributed by atoms with Crippen molar-refractivity contribution in [2.75, 3.05) is 6.54 Å². The van der Waals surface area contributed by atoms with Crippen LogP contribution in [0.4, 0.5) is 0 Å². The maximum absolute atomic E-state index is 4.64. The molecule has 1 unspecified atom stereocenters. The van der Waals surface area contributed by atoms with E-state index in [9.17, 15) is 0 Å². The summed E-state index contributed by atoms with van der Waals surface area (Å²) in [5.41, 5.74) is 6.10. The lowest BCUT2D eigenvalue weighted by Gasteiger charge is -2.17. The van der Waals surface area contributed by atoms with E-state index >= 15 is 0 Å². The Balaban J connectivity index is 2.14. The maximum atomic E-state index is 4.64. The number of aromatic nitrogens is 3. The van der Waals surface area contributed by atoms with Gasteiger partial charge in [-0.2, -0.15) is 0 Å². The second-order valence-corrected chi connectivity index (χ2v) is 6.66. The summed E-state index contributed by atoms with van der Waals surface area (Å²) in [4.78, 5) is 13.6. The molecule has 0 saturated heterocycles. The molecule has 0 aromatic carbocycles. The number of thiazole rings is 1. The topological polar surface area (TPSA) is 50.7 Å². The fourth-order valence-electron chi connectivity index (χ4n) is 2.33. The van der Waals surface area contributed by atoms with Crippen molar-refractivity contribution < 1.29 is 0 Å². The van der Waals surface area contributed by atoms with Gasteiger partial charge in [-0.05, 0) is 38.3 Å². The molecule has 0 radical (unpaired) electrons. The number of nitrogens with zero attached hydrogens (tertiary/aromatic N) is 3. The molecule has 114 valence electrons. The minimum atomic E-state index is 0.526. The van der Waals surface area contributed by atoms with E-state index in [-0.39, 0.29) is 0 Å². The number of rotatable bonds is 6. The molecule has 0 aliphatic carbocycles. The van der Waals surface area contributed by atoms with Gasteiger partial charge >= 0.3 is 0 Å². The molecule has 4 nitrogen and oxygen atoms in total. The normalized spacial score (nSPS) is 12.9. The van der Waals surface area contributed by atoms with Crippen molar-refractivity contribution >= 4 is 11.3 Å². The predicted molar refractivity (Wildman–Crippen MR) is 88.6 cm³/mol. The van der Waals surface area contributed by atoms with Gasteiger partial charge in [-0.25, -0.2) is 15.0 Å². The SMILES string of the molecule is Cc1nc(-c2cscn2)nc(C)c1CC(C)CNC(C)C. The highest BCUT2D eigenvalue weighted by Crippen LogP contribution is 2.20. The fourth-order valence-corrected chi connectivity index (χ4v) is 2.86. The molecule has 5 heteroatoms. The van der Waals surface area contributed by atoms with Crippen LogP contribution in [0, 0.1) is 19.8 Å². The molecule has 2 aromatic heterocycles. The molecule has 0 saturated carbocycles. The van der Waals surface area contributed by atoms with E-state index in [0.29, 0.717) is 12.0 Å². The minimum Gasteiger partial charge on any atom is -0.314 e. The third kappa shape index (κ3) is 4.32. The van der Waals surface area contributed by atoms with Gasteiger partial charge in [0, 0.05) is 22.8 Å². The molecule has 0 amide bonds. The summed E-state index contributed by atoms with van der Waals surface area (Å²) in [6.45, 7) is 11.8. The molecule has 0 spiro atoms. The molecule has 1 N–H and O–H groups in total. The fraction of sp³-hybridized carbons (Fsp3) is 0.562. The molecule has 0 aliphatic rings. The average Bonchev–Trinajstić information content (AvgIpc) is 2.94. The van der Waals surface area contributed by atoms with Crippen molar-refractivity contribution in [3.05, 3.63) is 27.8 Å². The van der Waals surface area contributed by atoms with E-state index in [2.05, 4.69) is 54.9 Å². The Hall–Kier alpha value is -1.33. The van der Waals surface area contributed by atoms with Crippen LogP contribution in [0.2, 0.25) is 0 Å². The Kier molecular flexibility index (Phi) is 5.42. The quantitative estimate of drug-likeness (QED) is 0.888. The van der Waals surface area contributed by atoms with Crippen molar-refractivity contribution in [3.63, 3.8) is 0 Å². The first-order valence-corrected chi connectivity index (χ1v) is 8.37. The monoisotopic (exact) mass is 304 g/mol. The molecule has 2 aromatic rings. The molecule has 0 fully saturated rings. The molecule has 2 rings (SSSR count). The van der Waals surface area contributed by atoms with Gasteiger partial charge in [-0.1, -0.05) is 20.8 Å². The summed E-state index contributed by atoms with van der Waals surface area (Å²) < 4.78 is 0. The zero-order valence-electron chi connectivity index (χ0n) is 13.5. The maximum Gasteiger partial charge on any atom is 0.179 e. The van der Waals surface area contributed by atoms with Gasteiger partial charge in [0.2, 0.25) is 0 Å². The third-order valence-electron chi connectivity index (χ3n) is 3.51. The number of aryl methyl sites for hydroxylation is 2. The highest BCUT2D eigenvalue weighted by atomic mass is 32.1. The van der Waals surface area contributed by atoms with Gasteiger partial charge in [0.05, 0.1) is 5.51 Å². The zero-order valence-corrected chi connectivity index (χ0v) is 14.3. The van der Waals surface area contributed by atoms with E-state index in [4.69, 9.17) is 0 Å². The largest absolute Gasteiger partial charge is 0.314 e. The van der Waals surface area contributed by atoms with Crippen molar-refractivity contribution in [1.82, 2.24) is 20.3 Å². The van der Waals surface area contributed by atoms with Gasteiger partial charge in [0.1, 0.15) is 5.69 Å². The van der Waals surface area contributed by atoms with Crippen molar-refractivity contribution in [2.24, 2.45) is 5.92 Å². The number of nitrogens with one attached hydrogen (secondary N) is 1. The van der Waals surface area contributed by atoms with Crippen LogP contribution in [0.3, 0.4) is 0 Å². The summed E-state index contributed by atoms with van der Waals surface area (Å²) in [5, 5.41) is 5.48. The van der Waals surface area contributed by atoms with Crippen molar-refractivity contribution in [1.29, 1.82) is 0 Å². The predicted octanol–water partition coefficient (Wildman–Crippen LogP) is 3.39. The van der Waals surface area contributed by atoms with Crippen LogP contribution in [0.1, 0.15) is 37.7 Å². The van der Waals surface area contributed by atoms with Gasteiger partial charge < -0.3 is 5.32 Å². The molecule has 0 aliphatic heterocycles. The van der Waals surface area contributed by atoms with Crippen LogP contribution in [0.25, 0.3) is 11.5 Å². The second-order valence-electron chi connectivity index (χ2n) is 5.94. The molecule has 21 heavy (non-hydrogen) atoms. The van der Waals surface area contributed by atoms with Gasteiger partial charge in [0.15, 0.2) is 5.82 Å². The lowest BCUT2D eigenvalue weighted by molar-refractivity contribution is 0.473. The Morgan fingerprint density at radius 2 is 1.81 bits per heavy atom. The van der Waals surface area contributed by atoms with Crippen molar-refractivity contribution in [2.45, 2.75) is 47.1 Å². The third-order valence-corrected chi connectivity index (χ3v) is 4.10. The lowest BCUT2D eigenvalue weighted by Crippen LogP contribution is -2.29. The van der Waals surface area contributed by atoms with E-state index < -0.39 is 0 Å². The first-order valence-electron chi connectivity index (χ1n) is 7.43. The summed E-state index contributed by atoms with van der Waals surface area (Å²) >= 11 is 1.57. The van der Waals surface area contributed by atoms with Gasteiger partial charge in [-0.15, -0.1) is 11.3 Å². The van der Waals surface area contributed by atoms with Crippen LogP contribution in [-0.4, -0.2) is 27.5 Å². The standard InChI is InChI=1S/C16H24N4S/c1-10(2)17-7-11(3)6-14-12(4)19-16(20-13(14)5)15-8-21-9-18-15/h8-11,17H,6-7H2,1-5H3. The van der Waals surface area contributed by atoms with E-state index in [0.717, 1.165) is 35.9 Å². The van der Waals surface area contributed by atoms with Crippen LogP contribution in [0.15, 0.2) is 10.9 Å². The van der Waals surface area contributed by atoms with Crippen LogP contribution < -0.4 is 5.32 Å². The molecular formula is C16H24N4S. The number of hydrogen-bond acceptors (Lipinski definition) is 5. The van der Waals surface area contributed by atoms with Crippen molar-refractivity contribution in [3.8, 4) is 11.5 Å². The summed E-state index contributed by atoms with van der Waals surface area (Å²) in [6.07, 6.45) is 1.01. The first kappa shape index (κ1) is 16.0. The number of hydrogen-bond donors (Lipinski definition) is 1. The average molecular weight is 304 g/mol. The Labute approximate surface area is 131 Å². The Morgan fingerprint density at radius 3 is 2.33 bits per heavy atom. The van der Waals surface area contributed by atoms with Crippen LogP contribution >= 0.6 is 11.3 Å². The smallest absolute Gasteiger partial charge is 0.179 e. The summed E-state index contributed by atoms with van der Waals surface area (Å²) in [7, 11) is 0. The van der Waals surface area contributed by atoms with E-state index in [1.54, 1.807) is 11.3 Å². The summed E-state index contributed by atoms with van der Waals surface area (Å²) in [6, 6.07) is 0.526. The molecule has 1 atom stereocenters. The first-order chi connectivity index (χ1) is 9.97. The Bertz CT molecular complexity index is 555. The second kappa shape index (κ2) is 7.09. The molecule has 2 heterocycles. The van der Waals surface area contributed by atoms with Gasteiger partial charge in [-0.3, -0.25) is 0 Å². The van der Waals surface area contributed by atoms with E-state index in [1.807, 2.05) is 10.9 Å². The zero-order chi connectivity index (χ0) is 15.4. The van der Waals surface area contributed by atoms with E-state index in [1.165, 1.54) is 5.56 Å². The highest BCUT2D eigenvalue weighted by Gasteiger charge is 2.14. The minimum absolute atomic E-state index is 0.526. The van der Waals surface area contributed by atoms with Crippen LogP contribution in [0.5, 0.6) is 0 Å².